The molecule has 2 aromatic rings. The molecule has 0 aliphatic heterocycles. The number of hydrogen-bond acceptors (Lipinski definition) is 5. The normalized spacial score (nSPS) is 12.2. The van der Waals surface area contributed by atoms with Crippen LogP contribution in [-0.2, 0) is 20.8 Å². The van der Waals surface area contributed by atoms with Gasteiger partial charge >= 0.3 is 12.1 Å². The number of nitrogens with zero attached hydrogens (tertiary/aromatic N) is 2. The van der Waals surface area contributed by atoms with Crippen molar-refractivity contribution in [1.29, 1.82) is 0 Å². The van der Waals surface area contributed by atoms with E-state index in [-0.39, 0.29) is 5.69 Å². The van der Waals surface area contributed by atoms with Crippen LogP contribution in [0.4, 0.5) is 13.2 Å². The fraction of sp³-hybridized carbons (Fsp3) is 0.231. The van der Waals surface area contributed by atoms with Crippen molar-refractivity contribution in [3.05, 3.63) is 42.0 Å². The van der Waals surface area contributed by atoms with E-state index in [1.807, 2.05) is 0 Å². The largest absolute Gasteiger partial charge is 0.465 e. The number of hydrogen-bond donors (Lipinski definition) is 0. The van der Waals surface area contributed by atoms with E-state index in [4.69, 9.17) is 0 Å². The molecular weight excluding hydrogens is 337 g/mol. The van der Waals surface area contributed by atoms with Gasteiger partial charge in [-0.05, 0) is 12.1 Å². The molecule has 0 spiro atoms. The van der Waals surface area contributed by atoms with Crippen molar-refractivity contribution in [3.8, 4) is 5.69 Å². The molecule has 0 saturated heterocycles. The van der Waals surface area contributed by atoms with Crippen molar-refractivity contribution in [2.45, 2.75) is 11.1 Å². The summed E-state index contributed by atoms with van der Waals surface area (Å²) in [6, 6.07) is 1.25. The molecule has 0 atom stereocenters. The Kier molecular flexibility index (Phi) is 4.20. The molecular formula is C13H11F3N2O4S. The van der Waals surface area contributed by atoms with Gasteiger partial charge in [0.1, 0.15) is 0 Å². The zero-order chi connectivity index (χ0) is 17.4. The van der Waals surface area contributed by atoms with Gasteiger partial charge in [0.2, 0.25) is 0 Å². The molecule has 0 N–H and O–H groups in total. The number of aromatic nitrogens is 2. The van der Waals surface area contributed by atoms with Crippen LogP contribution in [0.15, 0.2) is 35.7 Å². The summed E-state index contributed by atoms with van der Waals surface area (Å²) in [5, 5.41) is 0. The molecule has 0 amide bonds. The van der Waals surface area contributed by atoms with Crippen LogP contribution in [0, 0.1) is 0 Å². The van der Waals surface area contributed by atoms with Crippen LogP contribution in [0.25, 0.3) is 5.69 Å². The fourth-order valence-corrected chi connectivity index (χ4v) is 2.86. The van der Waals surface area contributed by atoms with Crippen molar-refractivity contribution < 1.29 is 31.1 Å². The maximum absolute atomic E-state index is 13.2. The second-order valence-electron chi connectivity index (χ2n) is 4.60. The molecule has 1 aromatic carbocycles. The molecule has 124 valence electrons. The Balaban J connectivity index is 2.90. The Morgan fingerprint density at radius 2 is 1.96 bits per heavy atom. The highest BCUT2D eigenvalue weighted by Crippen LogP contribution is 2.36. The number of esters is 1. The number of alkyl halides is 3. The molecule has 0 aliphatic carbocycles. The first-order valence-corrected chi connectivity index (χ1v) is 7.96. The summed E-state index contributed by atoms with van der Waals surface area (Å²) in [5.74, 6) is -1.28. The number of imidazole rings is 1. The van der Waals surface area contributed by atoms with E-state index in [9.17, 15) is 26.4 Å². The Bertz CT molecular complexity index is 843. The first-order valence-electron chi connectivity index (χ1n) is 6.07. The number of sulfone groups is 1. The van der Waals surface area contributed by atoms with Crippen molar-refractivity contribution in [2.75, 3.05) is 13.4 Å². The summed E-state index contributed by atoms with van der Waals surface area (Å²) in [5.41, 5.74) is -2.42. The predicted molar refractivity (Wildman–Crippen MR) is 73.0 cm³/mol. The van der Waals surface area contributed by atoms with Crippen molar-refractivity contribution in [2.24, 2.45) is 0 Å². The van der Waals surface area contributed by atoms with E-state index in [1.165, 1.54) is 12.4 Å². The molecule has 10 heteroatoms. The second-order valence-corrected chi connectivity index (χ2v) is 6.58. The van der Waals surface area contributed by atoms with E-state index >= 15 is 0 Å². The Hall–Kier alpha value is -2.36. The average Bonchev–Trinajstić information content (AvgIpc) is 2.97. The highest BCUT2D eigenvalue weighted by molar-refractivity contribution is 7.90. The van der Waals surface area contributed by atoms with Crippen molar-refractivity contribution in [3.63, 3.8) is 0 Å². The minimum Gasteiger partial charge on any atom is -0.465 e. The van der Waals surface area contributed by atoms with E-state index in [0.29, 0.717) is 12.1 Å². The summed E-state index contributed by atoms with van der Waals surface area (Å²) in [6.07, 6.45) is -0.302. The van der Waals surface area contributed by atoms with Crippen molar-refractivity contribution in [1.82, 2.24) is 9.55 Å². The number of ether oxygens (including phenoxy) is 1. The molecule has 2 rings (SSSR count). The molecule has 0 aliphatic rings. The SMILES string of the molecule is COC(=O)c1cc(S(C)(=O)=O)c(-n2ccnc2)cc1C(F)(F)F. The molecule has 0 bridgehead atoms. The number of halogens is 3. The number of carbonyl (C=O) groups is 1. The summed E-state index contributed by atoms with van der Waals surface area (Å²) in [6.45, 7) is 0. The third-order valence-electron chi connectivity index (χ3n) is 2.99. The number of rotatable bonds is 3. The van der Waals surface area contributed by atoms with Gasteiger partial charge in [0.05, 0.1) is 35.1 Å². The first kappa shape index (κ1) is 17.0. The summed E-state index contributed by atoms with van der Waals surface area (Å²) >= 11 is 0. The van der Waals surface area contributed by atoms with Crippen LogP contribution < -0.4 is 0 Å². The molecule has 0 radical (unpaired) electrons. The van der Waals surface area contributed by atoms with Gasteiger partial charge in [0.25, 0.3) is 0 Å². The third-order valence-corrected chi connectivity index (χ3v) is 4.12. The van der Waals surface area contributed by atoms with Crippen LogP contribution in [0.1, 0.15) is 15.9 Å². The smallest absolute Gasteiger partial charge is 0.417 e. The van der Waals surface area contributed by atoms with E-state index in [1.54, 1.807) is 0 Å². The van der Waals surface area contributed by atoms with Crippen LogP contribution in [0.2, 0.25) is 0 Å². The number of benzene rings is 1. The molecule has 0 saturated carbocycles. The zero-order valence-corrected chi connectivity index (χ0v) is 12.8. The number of methoxy groups -OCH3 is 1. The predicted octanol–water partition coefficient (Wildman–Crippen LogP) is 2.08. The van der Waals surface area contributed by atoms with E-state index in [2.05, 4.69) is 9.72 Å². The minimum atomic E-state index is -4.87. The lowest BCUT2D eigenvalue weighted by atomic mass is 10.1. The zero-order valence-electron chi connectivity index (χ0n) is 12.0. The maximum Gasteiger partial charge on any atom is 0.417 e. The maximum atomic E-state index is 13.2. The highest BCUT2D eigenvalue weighted by atomic mass is 32.2. The lowest BCUT2D eigenvalue weighted by Crippen LogP contribution is -2.17. The summed E-state index contributed by atoms with van der Waals surface area (Å²) in [7, 11) is -3.00. The van der Waals surface area contributed by atoms with Crippen LogP contribution in [-0.4, -0.2) is 37.3 Å². The lowest BCUT2D eigenvalue weighted by molar-refractivity contribution is -0.138. The molecule has 0 unspecified atom stereocenters. The quantitative estimate of drug-likeness (QED) is 0.794. The number of carbonyl (C=O) groups excluding carboxylic acids is 1. The second kappa shape index (κ2) is 5.69. The topological polar surface area (TPSA) is 78.3 Å². The van der Waals surface area contributed by atoms with Gasteiger partial charge in [-0.3, -0.25) is 0 Å². The Morgan fingerprint density at radius 3 is 2.39 bits per heavy atom. The summed E-state index contributed by atoms with van der Waals surface area (Å²) < 4.78 is 68.9. The Labute approximate surface area is 129 Å². The molecule has 1 aromatic heterocycles. The average molecular weight is 348 g/mol. The highest BCUT2D eigenvalue weighted by Gasteiger charge is 2.37. The summed E-state index contributed by atoms with van der Waals surface area (Å²) in [4.78, 5) is 14.9. The van der Waals surface area contributed by atoms with Crippen molar-refractivity contribution >= 4 is 15.8 Å². The van der Waals surface area contributed by atoms with Gasteiger partial charge in [-0.15, -0.1) is 0 Å². The molecule has 1 heterocycles. The van der Waals surface area contributed by atoms with Gasteiger partial charge in [-0.2, -0.15) is 13.2 Å². The lowest BCUT2D eigenvalue weighted by Gasteiger charge is -2.16. The monoisotopic (exact) mass is 348 g/mol. The first-order chi connectivity index (χ1) is 10.6. The third kappa shape index (κ3) is 3.36. The molecule has 0 fully saturated rings. The van der Waals surface area contributed by atoms with Gasteiger partial charge in [0.15, 0.2) is 9.84 Å². The molecule has 6 nitrogen and oxygen atoms in total. The van der Waals surface area contributed by atoms with E-state index in [0.717, 1.165) is 24.3 Å². The van der Waals surface area contributed by atoms with E-state index < -0.39 is 38.0 Å². The van der Waals surface area contributed by atoms with Gasteiger partial charge in [0, 0.05) is 18.6 Å². The molecule has 23 heavy (non-hydrogen) atoms. The van der Waals surface area contributed by atoms with Gasteiger partial charge < -0.3 is 9.30 Å². The fourth-order valence-electron chi connectivity index (χ4n) is 1.98. The van der Waals surface area contributed by atoms with Crippen LogP contribution >= 0.6 is 0 Å². The standard InChI is InChI=1S/C13H11F3N2O4S/c1-22-12(19)8-5-11(23(2,20)21)10(18-4-3-17-7-18)6-9(8)13(14,15)16/h3-7H,1-2H3. The van der Waals surface area contributed by atoms with Gasteiger partial charge in [-0.1, -0.05) is 0 Å². The Morgan fingerprint density at radius 1 is 1.30 bits per heavy atom. The van der Waals surface area contributed by atoms with Crippen LogP contribution in [0.5, 0.6) is 0 Å². The van der Waals surface area contributed by atoms with Crippen LogP contribution in [0.3, 0.4) is 0 Å². The minimum absolute atomic E-state index is 0.259. The van der Waals surface area contributed by atoms with Gasteiger partial charge in [-0.25, -0.2) is 18.2 Å².